The van der Waals surface area contributed by atoms with Crippen LogP contribution in [0.4, 0.5) is 0 Å². The zero-order valence-corrected chi connectivity index (χ0v) is 9.11. The van der Waals surface area contributed by atoms with E-state index in [2.05, 4.69) is 15.9 Å². The number of hydrogen-bond acceptors (Lipinski definition) is 3. The molecule has 1 N–H and O–H groups in total. The zero-order chi connectivity index (χ0) is 11.4. The van der Waals surface area contributed by atoms with Crippen LogP contribution in [0.3, 0.4) is 0 Å². The molecule has 0 saturated carbocycles. The average molecular weight is 268 g/mol. The third-order valence-corrected chi connectivity index (χ3v) is 2.54. The van der Waals surface area contributed by atoms with Crippen molar-refractivity contribution in [2.24, 2.45) is 0 Å². The number of rotatable bonds is 3. The summed E-state index contributed by atoms with van der Waals surface area (Å²) in [7, 11) is 0. The van der Waals surface area contributed by atoms with Crippen molar-refractivity contribution < 1.29 is 14.7 Å². The molecule has 0 fully saturated rings. The molecule has 0 aromatic heterocycles. The number of ketones is 1. The van der Waals surface area contributed by atoms with Crippen LogP contribution in [0.1, 0.15) is 11.1 Å². The number of aliphatic carboxylic acids is 1. The molecule has 0 amide bonds. The fourth-order valence-electron chi connectivity index (χ4n) is 1.03. The van der Waals surface area contributed by atoms with Gasteiger partial charge >= 0.3 is 5.97 Å². The van der Waals surface area contributed by atoms with Crippen LogP contribution in [0.15, 0.2) is 22.7 Å². The van der Waals surface area contributed by atoms with Crippen LogP contribution in [0.25, 0.3) is 0 Å². The highest BCUT2D eigenvalue weighted by molar-refractivity contribution is 9.10. The van der Waals surface area contributed by atoms with Gasteiger partial charge in [-0.05, 0) is 23.8 Å². The van der Waals surface area contributed by atoms with Gasteiger partial charge in [0, 0.05) is 10.9 Å². The van der Waals surface area contributed by atoms with Crippen LogP contribution in [0.5, 0.6) is 0 Å². The van der Waals surface area contributed by atoms with Crippen LogP contribution < -0.4 is 0 Å². The van der Waals surface area contributed by atoms with Crippen molar-refractivity contribution in [2.45, 2.75) is 6.42 Å². The molecule has 0 unspecified atom stereocenters. The quantitative estimate of drug-likeness (QED) is 0.843. The van der Waals surface area contributed by atoms with Gasteiger partial charge in [-0.2, -0.15) is 5.26 Å². The third-order valence-electron chi connectivity index (χ3n) is 1.76. The molecule has 0 aliphatic carbocycles. The number of hydrogen-bond donors (Lipinski definition) is 1. The van der Waals surface area contributed by atoms with Crippen LogP contribution in [0, 0.1) is 11.3 Å². The lowest BCUT2D eigenvalue weighted by molar-refractivity contribution is -0.148. The van der Waals surface area contributed by atoms with Gasteiger partial charge in [0.05, 0.1) is 11.6 Å². The minimum atomic E-state index is -1.47. The predicted molar refractivity (Wildman–Crippen MR) is 55.2 cm³/mol. The molecule has 0 aliphatic rings. The van der Waals surface area contributed by atoms with Crippen molar-refractivity contribution in [3.05, 3.63) is 33.8 Å². The van der Waals surface area contributed by atoms with E-state index >= 15 is 0 Å². The van der Waals surface area contributed by atoms with Gasteiger partial charge in [0.15, 0.2) is 0 Å². The first-order chi connectivity index (χ1) is 7.04. The maximum Gasteiger partial charge on any atom is 0.372 e. The number of Topliss-reactive ketones (excluding diaryl/α,β-unsaturated/α-hetero) is 1. The molecule has 0 saturated heterocycles. The Balaban J connectivity index is 2.99. The third kappa shape index (κ3) is 2.89. The SMILES string of the molecule is N#Cc1ccc(Br)c(CC(=O)C(=O)O)c1. The summed E-state index contributed by atoms with van der Waals surface area (Å²) < 4.78 is 0.621. The number of carbonyl (C=O) groups is 2. The Bertz CT molecular complexity index is 462. The van der Waals surface area contributed by atoms with Crippen molar-refractivity contribution in [2.75, 3.05) is 0 Å². The number of carboxylic acids is 1. The van der Waals surface area contributed by atoms with E-state index in [9.17, 15) is 9.59 Å². The highest BCUT2D eigenvalue weighted by Gasteiger charge is 2.14. The van der Waals surface area contributed by atoms with Gasteiger partial charge in [0.1, 0.15) is 0 Å². The Kier molecular flexibility index (Phi) is 3.58. The van der Waals surface area contributed by atoms with Crippen LogP contribution >= 0.6 is 15.9 Å². The molecule has 0 radical (unpaired) electrons. The topological polar surface area (TPSA) is 78.2 Å². The molecule has 0 aliphatic heterocycles. The Hall–Kier alpha value is -1.67. The smallest absolute Gasteiger partial charge is 0.372 e. The first-order valence-corrected chi connectivity index (χ1v) is 4.78. The van der Waals surface area contributed by atoms with E-state index in [1.807, 2.05) is 6.07 Å². The molecule has 1 aromatic carbocycles. The lowest BCUT2D eigenvalue weighted by Crippen LogP contribution is -2.15. The van der Waals surface area contributed by atoms with Crippen molar-refractivity contribution in [1.82, 2.24) is 0 Å². The number of halogens is 1. The summed E-state index contributed by atoms with van der Waals surface area (Å²) in [4.78, 5) is 21.3. The number of benzene rings is 1. The zero-order valence-electron chi connectivity index (χ0n) is 7.53. The summed E-state index contributed by atoms with van der Waals surface area (Å²) in [5, 5.41) is 17.1. The summed E-state index contributed by atoms with van der Waals surface area (Å²) in [6.07, 6.45) is -0.217. The molecule has 1 aromatic rings. The molecule has 1 rings (SSSR count). The van der Waals surface area contributed by atoms with Gasteiger partial charge in [-0.3, -0.25) is 4.79 Å². The predicted octanol–water partition coefficient (Wildman–Crippen LogP) is 1.52. The fourth-order valence-corrected chi connectivity index (χ4v) is 1.42. The molecule has 5 heteroatoms. The average Bonchev–Trinajstić information content (AvgIpc) is 2.21. The van der Waals surface area contributed by atoms with Gasteiger partial charge in [0.2, 0.25) is 5.78 Å². The minimum Gasteiger partial charge on any atom is -0.475 e. The number of carboxylic acid groups (broad SMARTS) is 1. The Morgan fingerprint density at radius 2 is 2.13 bits per heavy atom. The van der Waals surface area contributed by atoms with E-state index in [1.54, 1.807) is 12.1 Å². The van der Waals surface area contributed by atoms with Crippen molar-refractivity contribution in [3.63, 3.8) is 0 Å². The van der Waals surface area contributed by atoms with Crippen LogP contribution in [-0.2, 0) is 16.0 Å². The maximum atomic E-state index is 11.0. The molecular weight excluding hydrogens is 262 g/mol. The Morgan fingerprint density at radius 1 is 1.47 bits per heavy atom. The summed E-state index contributed by atoms with van der Waals surface area (Å²) >= 11 is 3.18. The molecule has 4 nitrogen and oxygen atoms in total. The Labute approximate surface area is 94.3 Å². The summed E-state index contributed by atoms with van der Waals surface area (Å²) in [6.45, 7) is 0. The second-order valence-electron chi connectivity index (χ2n) is 2.82. The Morgan fingerprint density at radius 3 is 2.67 bits per heavy atom. The molecule has 76 valence electrons. The summed E-state index contributed by atoms with van der Waals surface area (Å²) in [5.74, 6) is -2.37. The number of nitrogens with zero attached hydrogens (tertiary/aromatic N) is 1. The van der Waals surface area contributed by atoms with E-state index in [1.165, 1.54) is 6.07 Å². The highest BCUT2D eigenvalue weighted by Crippen LogP contribution is 2.18. The van der Waals surface area contributed by atoms with Gasteiger partial charge in [-0.15, -0.1) is 0 Å². The van der Waals surface area contributed by atoms with E-state index < -0.39 is 11.8 Å². The highest BCUT2D eigenvalue weighted by atomic mass is 79.9. The van der Waals surface area contributed by atoms with Crippen molar-refractivity contribution >= 4 is 27.7 Å². The maximum absolute atomic E-state index is 11.0. The molecule has 0 spiro atoms. The van der Waals surface area contributed by atoms with Gasteiger partial charge < -0.3 is 5.11 Å². The number of carbonyl (C=O) groups excluding carboxylic acids is 1. The van der Waals surface area contributed by atoms with E-state index in [-0.39, 0.29) is 6.42 Å². The van der Waals surface area contributed by atoms with Gasteiger partial charge in [-0.25, -0.2) is 4.79 Å². The second kappa shape index (κ2) is 4.71. The van der Waals surface area contributed by atoms with E-state index in [0.717, 1.165) is 0 Å². The standard InChI is InChI=1S/C10H6BrNO3/c11-8-2-1-6(5-12)3-7(8)4-9(13)10(14)15/h1-3H,4H2,(H,14,15). The van der Waals surface area contributed by atoms with Crippen molar-refractivity contribution in [1.29, 1.82) is 5.26 Å². The lowest BCUT2D eigenvalue weighted by Gasteiger charge is -2.01. The van der Waals surface area contributed by atoms with Crippen LogP contribution in [-0.4, -0.2) is 16.9 Å². The monoisotopic (exact) mass is 267 g/mol. The summed E-state index contributed by atoms with van der Waals surface area (Å²) in [5.41, 5.74) is 0.896. The molecule has 0 bridgehead atoms. The molecule has 0 heterocycles. The van der Waals surface area contributed by atoms with E-state index in [0.29, 0.717) is 15.6 Å². The molecule has 15 heavy (non-hydrogen) atoms. The van der Waals surface area contributed by atoms with E-state index in [4.69, 9.17) is 10.4 Å². The minimum absolute atomic E-state index is 0.217. The first kappa shape index (κ1) is 11.4. The lowest BCUT2D eigenvalue weighted by atomic mass is 10.1. The second-order valence-corrected chi connectivity index (χ2v) is 3.68. The van der Waals surface area contributed by atoms with Gasteiger partial charge in [0.25, 0.3) is 0 Å². The molecule has 0 atom stereocenters. The largest absolute Gasteiger partial charge is 0.475 e. The molecular formula is C10H6BrNO3. The normalized spacial score (nSPS) is 9.33. The number of nitriles is 1. The summed E-state index contributed by atoms with van der Waals surface area (Å²) in [6, 6.07) is 6.60. The fraction of sp³-hybridized carbons (Fsp3) is 0.100. The van der Waals surface area contributed by atoms with Crippen molar-refractivity contribution in [3.8, 4) is 6.07 Å². The van der Waals surface area contributed by atoms with Crippen LogP contribution in [0.2, 0.25) is 0 Å². The van der Waals surface area contributed by atoms with Gasteiger partial charge in [-0.1, -0.05) is 15.9 Å². The first-order valence-electron chi connectivity index (χ1n) is 3.99.